The number of carbonyl (C=O) groups excluding carboxylic acids is 1. The summed E-state index contributed by atoms with van der Waals surface area (Å²) in [6.45, 7) is 5.93. The fourth-order valence-electron chi connectivity index (χ4n) is 2.62. The van der Waals surface area contributed by atoms with Crippen molar-refractivity contribution in [3.63, 3.8) is 0 Å². The zero-order valence-corrected chi connectivity index (χ0v) is 14.3. The molecule has 24 heavy (non-hydrogen) atoms. The molecule has 0 radical (unpaired) electrons. The molecular formula is C18H24FN3O2. The molecule has 1 fully saturated rings. The van der Waals surface area contributed by atoms with Gasteiger partial charge in [0.05, 0.1) is 19.3 Å². The molecule has 1 aliphatic rings. The molecule has 1 heterocycles. The Hall–Kier alpha value is -2.13. The monoisotopic (exact) mass is 333 g/mol. The summed E-state index contributed by atoms with van der Waals surface area (Å²) >= 11 is 0. The SMILES string of the molecule is CC(C)(C#N)Nc1ccc(CCCC(=O)N2CCOCC2)c(F)c1. The number of carbonyl (C=O) groups is 1. The number of rotatable bonds is 6. The van der Waals surface area contributed by atoms with E-state index in [9.17, 15) is 9.18 Å². The second kappa shape index (κ2) is 8.11. The van der Waals surface area contributed by atoms with E-state index in [1.165, 1.54) is 6.07 Å². The minimum Gasteiger partial charge on any atom is -0.378 e. The number of morpholine rings is 1. The number of nitrogens with one attached hydrogen (secondary N) is 1. The Morgan fingerprint density at radius 1 is 1.42 bits per heavy atom. The maximum Gasteiger partial charge on any atom is 0.222 e. The van der Waals surface area contributed by atoms with Gasteiger partial charge in [0.1, 0.15) is 11.4 Å². The molecule has 0 spiro atoms. The van der Waals surface area contributed by atoms with Crippen molar-refractivity contribution in [2.24, 2.45) is 0 Å². The molecule has 5 nitrogen and oxygen atoms in total. The summed E-state index contributed by atoms with van der Waals surface area (Å²) in [6, 6.07) is 7.00. The Bertz CT molecular complexity index is 619. The number of anilines is 1. The van der Waals surface area contributed by atoms with Crippen LogP contribution in [0.15, 0.2) is 18.2 Å². The summed E-state index contributed by atoms with van der Waals surface area (Å²) < 4.78 is 19.4. The van der Waals surface area contributed by atoms with Crippen LogP contribution >= 0.6 is 0 Å². The molecule has 1 aromatic rings. The fraction of sp³-hybridized carbons (Fsp3) is 0.556. The van der Waals surface area contributed by atoms with Crippen molar-refractivity contribution in [3.05, 3.63) is 29.6 Å². The molecule has 0 saturated carbocycles. The van der Waals surface area contributed by atoms with Gasteiger partial charge < -0.3 is 15.0 Å². The van der Waals surface area contributed by atoms with Gasteiger partial charge in [0.15, 0.2) is 0 Å². The molecule has 0 bridgehead atoms. The van der Waals surface area contributed by atoms with E-state index >= 15 is 0 Å². The average Bonchev–Trinajstić information content (AvgIpc) is 2.57. The highest BCUT2D eigenvalue weighted by molar-refractivity contribution is 5.76. The van der Waals surface area contributed by atoms with Crippen LogP contribution in [0.25, 0.3) is 0 Å². The molecule has 0 atom stereocenters. The number of nitrogens with zero attached hydrogens (tertiary/aromatic N) is 2. The van der Waals surface area contributed by atoms with E-state index in [1.807, 2.05) is 0 Å². The third kappa shape index (κ3) is 5.20. The third-order valence-corrected chi connectivity index (χ3v) is 3.99. The van der Waals surface area contributed by atoms with E-state index in [0.29, 0.717) is 56.8 Å². The van der Waals surface area contributed by atoms with Crippen molar-refractivity contribution in [1.82, 2.24) is 4.90 Å². The zero-order chi connectivity index (χ0) is 17.6. The van der Waals surface area contributed by atoms with Crippen molar-refractivity contribution in [2.75, 3.05) is 31.6 Å². The number of benzene rings is 1. The highest BCUT2D eigenvalue weighted by Gasteiger charge is 2.18. The van der Waals surface area contributed by atoms with Crippen molar-refractivity contribution in [2.45, 2.75) is 38.6 Å². The molecule has 130 valence electrons. The summed E-state index contributed by atoms with van der Waals surface area (Å²) in [6.07, 6.45) is 1.55. The summed E-state index contributed by atoms with van der Waals surface area (Å²) in [7, 11) is 0. The van der Waals surface area contributed by atoms with Crippen molar-refractivity contribution in [1.29, 1.82) is 5.26 Å². The molecular weight excluding hydrogens is 309 g/mol. The number of ether oxygens (including phenoxy) is 1. The standard InChI is InChI=1S/C18H24FN3O2/c1-18(2,13-20)21-15-7-6-14(16(19)12-15)4-3-5-17(23)22-8-10-24-11-9-22/h6-7,12,21H,3-5,8-11H2,1-2H3. The van der Waals surface area contributed by atoms with Gasteiger partial charge in [-0.1, -0.05) is 6.07 Å². The minimum atomic E-state index is -0.751. The van der Waals surface area contributed by atoms with E-state index in [0.717, 1.165) is 0 Å². The summed E-state index contributed by atoms with van der Waals surface area (Å²) in [5, 5.41) is 12.0. The van der Waals surface area contributed by atoms with Gasteiger partial charge in [0.25, 0.3) is 0 Å². The van der Waals surface area contributed by atoms with Gasteiger partial charge in [-0.3, -0.25) is 4.79 Å². The topological polar surface area (TPSA) is 65.4 Å². The summed E-state index contributed by atoms with van der Waals surface area (Å²) in [5.41, 5.74) is 0.413. The van der Waals surface area contributed by atoms with Gasteiger partial charge in [0.2, 0.25) is 5.91 Å². The third-order valence-electron chi connectivity index (χ3n) is 3.99. The van der Waals surface area contributed by atoms with Gasteiger partial charge in [-0.15, -0.1) is 0 Å². The Kier molecular flexibility index (Phi) is 6.16. The first kappa shape index (κ1) is 18.2. The molecule has 1 N–H and O–H groups in total. The number of halogens is 1. The first-order valence-electron chi connectivity index (χ1n) is 8.25. The molecule has 6 heteroatoms. The summed E-state index contributed by atoms with van der Waals surface area (Å²) in [5.74, 6) is -0.208. The number of hydrogen-bond acceptors (Lipinski definition) is 4. The largest absolute Gasteiger partial charge is 0.378 e. The minimum absolute atomic E-state index is 0.104. The number of amides is 1. The highest BCUT2D eigenvalue weighted by Crippen LogP contribution is 2.20. The van der Waals surface area contributed by atoms with Crippen LogP contribution in [0.1, 0.15) is 32.3 Å². The Morgan fingerprint density at radius 3 is 2.75 bits per heavy atom. The predicted octanol–water partition coefficient (Wildman–Crippen LogP) is 2.72. The number of hydrogen-bond donors (Lipinski definition) is 1. The number of nitriles is 1. The lowest BCUT2D eigenvalue weighted by molar-refractivity contribution is -0.135. The van der Waals surface area contributed by atoms with Crippen LogP contribution in [-0.4, -0.2) is 42.6 Å². The second-order valence-corrected chi connectivity index (χ2v) is 6.51. The van der Waals surface area contributed by atoms with Crippen LogP contribution in [-0.2, 0) is 16.0 Å². The molecule has 1 aliphatic heterocycles. The lowest BCUT2D eigenvalue weighted by Crippen LogP contribution is -2.40. The Morgan fingerprint density at radius 2 is 2.12 bits per heavy atom. The van der Waals surface area contributed by atoms with Crippen LogP contribution < -0.4 is 5.32 Å². The second-order valence-electron chi connectivity index (χ2n) is 6.51. The maximum atomic E-state index is 14.2. The predicted molar refractivity (Wildman–Crippen MR) is 90.1 cm³/mol. The van der Waals surface area contributed by atoms with Crippen LogP contribution in [0.3, 0.4) is 0 Å². The van der Waals surface area contributed by atoms with E-state index in [2.05, 4.69) is 11.4 Å². The first-order chi connectivity index (χ1) is 11.4. The van der Waals surface area contributed by atoms with Crippen molar-refractivity contribution < 1.29 is 13.9 Å². The van der Waals surface area contributed by atoms with Crippen LogP contribution in [0, 0.1) is 17.1 Å². The van der Waals surface area contributed by atoms with E-state index in [1.54, 1.807) is 30.9 Å². The Balaban J connectivity index is 1.84. The summed E-state index contributed by atoms with van der Waals surface area (Å²) in [4.78, 5) is 13.9. The van der Waals surface area contributed by atoms with Gasteiger partial charge in [-0.25, -0.2) is 4.39 Å². The van der Waals surface area contributed by atoms with E-state index in [4.69, 9.17) is 10.00 Å². The molecule has 1 amide bonds. The quantitative estimate of drug-likeness (QED) is 0.869. The fourth-order valence-corrected chi connectivity index (χ4v) is 2.62. The van der Waals surface area contributed by atoms with Crippen molar-refractivity contribution >= 4 is 11.6 Å². The zero-order valence-electron chi connectivity index (χ0n) is 14.3. The van der Waals surface area contributed by atoms with Gasteiger partial charge >= 0.3 is 0 Å². The van der Waals surface area contributed by atoms with Crippen LogP contribution in [0.2, 0.25) is 0 Å². The molecule has 1 aromatic carbocycles. The van der Waals surface area contributed by atoms with Crippen LogP contribution in [0.5, 0.6) is 0 Å². The van der Waals surface area contributed by atoms with Gasteiger partial charge in [-0.05, 0) is 44.4 Å². The lowest BCUT2D eigenvalue weighted by Gasteiger charge is -2.26. The molecule has 0 aromatic heterocycles. The Labute approximate surface area is 142 Å². The molecule has 0 aliphatic carbocycles. The molecule has 0 unspecified atom stereocenters. The molecule has 1 saturated heterocycles. The molecule has 2 rings (SSSR count). The van der Waals surface area contributed by atoms with Gasteiger partial charge in [-0.2, -0.15) is 5.26 Å². The van der Waals surface area contributed by atoms with E-state index in [-0.39, 0.29) is 11.7 Å². The maximum absolute atomic E-state index is 14.2. The first-order valence-corrected chi connectivity index (χ1v) is 8.25. The van der Waals surface area contributed by atoms with E-state index < -0.39 is 5.54 Å². The van der Waals surface area contributed by atoms with Crippen LogP contribution in [0.4, 0.5) is 10.1 Å². The normalized spacial score (nSPS) is 15.0. The highest BCUT2D eigenvalue weighted by atomic mass is 19.1. The van der Waals surface area contributed by atoms with Gasteiger partial charge in [0, 0.05) is 25.2 Å². The lowest BCUT2D eigenvalue weighted by atomic mass is 10.0. The smallest absolute Gasteiger partial charge is 0.222 e. The average molecular weight is 333 g/mol. The van der Waals surface area contributed by atoms with Crippen molar-refractivity contribution in [3.8, 4) is 6.07 Å². The number of aryl methyl sites for hydroxylation is 1.